The highest BCUT2D eigenvalue weighted by molar-refractivity contribution is 5.83. The third kappa shape index (κ3) is 4.04. The second kappa shape index (κ2) is 6.40. The predicted octanol–water partition coefficient (Wildman–Crippen LogP) is 1.97. The topological polar surface area (TPSA) is 58.6 Å². The molecule has 0 unspecified atom stereocenters. The molecule has 0 aliphatic heterocycles. The van der Waals surface area contributed by atoms with E-state index in [1.165, 1.54) is 0 Å². The van der Waals surface area contributed by atoms with Crippen molar-refractivity contribution in [1.82, 2.24) is 0 Å². The molecule has 0 aliphatic carbocycles. The van der Waals surface area contributed by atoms with E-state index in [-0.39, 0.29) is 12.6 Å². The summed E-state index contributed by atoms with van der Waals surface area (Å²) in [6.45, 7) is 5.87. The smallest absolute Gasteiger partial charge is 0.331 e. The first-order valence-electron chi connectivity index (χ1n) is 6.15. The van der Waals surface area contributed by atoms with Crippen LogP contribution >= 0.6 is 0 Å². The number of esters is 1. The Morgan fingerprint density at radius 2 is 1.94 bits per heavy atom. The fourth-order valence-corrected chi connectivity index (χ4v) is 1.61. The minimum Gasteiger partial charge on any atom is -0.464 e. The van der Waals surface area contributed by atoms with E-state index in [2.05, 4.69) is 5.32 Å². The van der Waals surface area contributed by atoms with E-state index in [4.69, 9.17) is 9.84 Å². The maximum atomic E-state index is 11.7. The molecule has 0 aromatic heterocycles. The molecule has 0 saturated heterocycles. The third-order valence-electron chi connectivity index (χ3n) is 2.60. The van der Waals surface area contributed by atoms with Crippen LogP contribution in [-0.4, -0.2) is 29.8 Å². The van der Waals surface area contributed by atoms with E-state index in [0.717, 1.165) is 11.3 Å². The van der Waals surface area contributed by atoms with Crippen LogP contribution in [0.3, 0.4) is 0 Å². The average molecular weight is 251 g/mol. The molecule has 0 saturated carbocycles. The number of benzene rings is 1. The first-order valence-corrected chi connectivity index (χ1v) is 6.15. The van der Waals surface area contributed by atoms with E-state index in [0.29, 0.717) is 13.0 Å². The Labute approximate surface area is 108 Å². The van der Waals surface area contributed by atoms with Gasteiger partial charge >= 0.3 is 5.97 Å². The highest BCUT2D eigenvalue weighted by Crippen LogP contribution is 2.17. The number of aliphatic hydroxyl groups excluding tert-OH is 1. The summed E-state index contributed by atoms with van der Waals surface area (Å²) >= 11 is 0. The molecule has 0 fully saturated rings. The summed E-state index contributed by atoms with van der Waals surface area (Å²) in [5.41, 5.74) is 1.17. The van der Waals surface area contributed by atoms with Crippen LogP contribution in [0.15, 0.2) is 24.3 Å². The number of hydrogen-bond acceptors (Lipinski definition) is 4. The van der Waals surface area contributed by atoms with Crippen LogP contribution in [0, 0.1) is 0 Å². The molecule has 4 nitrogen and oxygen atoms in total. The first-order chi connectivity index (χ1) is 8.49. The van der Waals surface area contributed by atoms with Crippen molar-refractivity contribution in [2.75, 3.05) is 18.5 Å². The van der Waals surface area contributed by atoms with Crippen molar-refractivity contribution >= 4 is 11.7 Å². The highest BCUT2D eigenvalue weighted by atomic mass is 16.5. The lowest BCUT2D eigenvalue weighted by Crippen LogP contribution is -2.41. The lowest BCUT2D eigenvalue weighted by molar-refractivity contribution is -0.147. The Hall–Kier alpha value is -1.55. The second-order valence-electron chi connectivity index (χ2n) is 4.64. The van der Waals surface area contributed by atoms with Crippen LogP contribution in [0.1, 0.15) is 26.3 Å². The summed E-state index contributed by atoms with van der Waals surface area (Å²) < 4.78 is 5.01. The molecular formula is C14H21NO3. The van der Waals surface area contributed by atoms with Crippen LogP contribution in [0.5, 0.6) is 0 Å². The van der Waals surface area contributed by atoms with Gasteiger partial charge in [0.05, 0.1) is 6.61 Å². The van der Waals surface area contributed by atoms with Crippen molar-refractivity contribution < 1.29 is 14.6 Å². The van der Waals surface area contributed by atoms with Gasteiger partial charge in [-0.15, -0.1) is 0 Å². The molecular weight excluding hydrogens is 230 g/mol. The molecule has 1 aromatic carbocycles. The van der Waals surface area contributed by atoms with Gasteiger partial charge in [0.1, 0.15) is 5.54 Å². The summed E-state index contributed by atoms with van der Waals surface area (Å²) in [7, 11) is 0. The van der Waals surface area contributed by atoms with Gasteiger partial charge in [0.25, 0.3) is 0 Å². The SMILES string of the molecule is CCOC(=O)C(C)(C)Nc1ccc(CCO)cc1. The van der Waals surface area contributed by atoms with Crippen molar-refractivity contribution in [1.29, 1.82) is 0 Å². The number of carbonyl (C=O) groups is 1. The fraction of sp³-hybridized carbons (Fsp3) is 0.500. The van der Waals surface area contributed by atoms with Gasteiger partial charge in [-0.05, 0) is 44.9 Å². The van der Waals surface area contributed by atoms with Gasteiger partial charge in [-0.25, -0.2) is 4.79 Å². The predicted molar refractivity (Wildman–Crippen MR) is 71.6 cm³/mol. The minimum absolute atomic E-state index is 0.140. The zero-order valence-corrected chi connectivity index (χ0v) is 11.2. The minimum atomic E-state index is -0.755. The molecule has 0 spiro atoms. The molecule has 1 aromatic rings. The van der Waals surface area contributed by atoms with Gasteiger partial charge in [-0.2, -0.15) is 0 Å². The maximum absolute atomic E-state index is 11.7. The number of carbonyl (C=O) groups excluding carboxylic acids is 1. The number of aliphatic hydroxyl groups is 1. The van der Waals surface area contributed by atoms with Crippen molar-refractivity contribution in [3.63, 3.8) is 0 Å². The van der Waals surface area contributed by atoms with Crippen LogP contribution in [0.2, 0.25) is 0 Å². The van der Waals surface area contributed by atoms with E-state index < -0.39 is 5.54 Å². The van der Waals surface area contributed by atoms with E-state index in [9.17, 15) is 4.79 Å². The number of rotatable bonds is 6. The number of anilines is 1. The number of nitrogens with one attached hydrogen (secondary N) is 1. The Kier molecular flexibility index (Phi) is 5.16. The lowest BCUT2D eigenvalue weighted by Gasteiger charge is -2.25. The summed E-state index contributed by atoms with van der Waals surface area (Å²) in [6.07, 6.45) is 0.640. The maximum Gasteiger partial charge on any atom is 0.331 e. The molecule has 2 N–H and O–H groups in total. The number of ether oxygens (including phenoxy) is 1. The van der Waals surface area contributed by atoms with Crippen LogP contribution < -0.4 is 5.32 Å². The summed E-state index contributed by atoms with van der Waals surface area (Å²) in [5, 5.41) is 12.0. The van der Waals surface area contributed by atoms with Crippen LogP contribution in [0.4, 0.5) is 5.69 Å². The molecule has 0 aliphatic rings. The van der Waals surface area contributed by atoms with Crippen molar-refractivity contribution in [2.24, 2.45) is 0 Å². The van der Waals surface area contributed by atoms with Gasteiger partial charge in [-0.3, -0.25) is 0 Å². The lowest BCUT2D eigenvalue weighted by atomic mass is 10.0. The molecule has 18 heavy (non-hydrogen) atoms. The Morgan fingerprint density at radius 1 is 1.33 bits per heavy atom. The zero-order chi connectivity index (χ0) is 13.6. The van der Waals surface area contributed by atoms with Gasteiger partial charge in [0.2, 0.25) is 0 Å². The standard InChI is InChI=1S/C14H21NO3/c1-4-18-13(17)14(2,3)15-12-7-5-11(6-8-12)9-10-16/h5-8,15-16H,4,9-10H2,1-3H3. The first kappa shape index (κ1) is 14.5. The molecule has 0 amide bonds. The van der Waals surface area contributed by atoms with Crippen LogP contribution in [-0.2, 0) is 16.0 Å². The summed E-state index contributed by atoms with van der Waals surface area (Å²) in [5.74, 6) is -0.274. The van der Waals surface area contributed by atoms with Gasteiger partial charge in [-0.1, -0.05) is 12.1 Å². The molecule has 0 radical (unpaired) electrons. The van der Waals surface area contributed by atoms with Gasteiger partial charge < -0.3 is 15.2 Å². The Balaban J connectivity index is 2.68. The van der Waals surface area contributed by atoms with E-state index >= 15 is 0 Å². The van der Waals surface area contributed by atoms with Crippen molar-refractivity contribution in [3.8, 4) is 0 Å². The quantitative estimate of drug-likeness (QED) is 0.759. The molecule has 0 bridgehead atoms. The van der Waals surface area contributed by atoms with Crippen LogP contribution in [0.25, 0.3) is 0 Å². The van der Waals surface area contributed by atoms with Crippen molar-refractivity contribution in [2.45, 2.75) is 32.7 Å². The monoisotopic (exact) mass is 251 g/mol. The largest absolute Gasteiger partial charge is 0.464 e. The summed E-state index contributed by atoms with van der Waals surface area (Å²) in [6, 6.07) is 7.65. The zero-order valence-electron chi connectivity index (χ0n) is 11.2. The molecule has 0 heterocycles. The third-order valence-corrected chi connectivity index (χ3v) is 2.60. The second-order valence-corrected chi connectivity index (χ2v) is 4.64. The molecule has 1 rings (SSSR count). The van der Waals surface area contributed by atoms with Gasteiger partial charge in [0, 0.05) is 12.3 Å². The molecule has 4 heteroatoms. The Morgan fingerprint density at radius 3 is 2.44 bits per heavy atom. The average Bonchev–Trinajstić information content (AvgIpc) is 2.32. The highest BCUT2D eigenvalue weighted by Gasteiger charge is 2.28. The number of hydrogen-bond donors (Lipinski definition) is 2. The normalized spacial score (nSPS) is 11.1. The van der Waals surface area contributed by atoms with Gasteiger partial charge in [0.15, 0.2) is 0 Å². The fourth-order valence-electron chi connectivity index (χ4n) is 1.61. The summed E-state index contributed by atoms with van der Waals surface area (Å²) in [4.78, 5) is 11.7. The molecule has 100 valence electrons. The molecule has 0 atom stereocenters. The van der Waals surface area contributed by atoms with Crippen molar-refractivity contribution in [3.05, 3.63) is 29.8 Å². The Bertz CT molecular complexity index is 385. The van der Waals surface area contributed by atoms with E-state index in [1.807, 2.05) is 24.3 Å². The van der Waals surface area contributed by atoms with E-state index in [1.54, 1.807) is 20.8 Å².